The first-order valence-electron chi connectivity index (χ1n) is 10.6. The largest absolute Gasteiger partial charge is 0.353 e. The van der Waals surface area contributed by atoms with Gasteiger partial charge in [-0.1, -0.05) is 25.5 Å². The first kappa shape index (κ1) is 16.9. The summed E-state index contributed by atoms with van der Waals surface area (Å²) in [6.45, 7) is 3.25. The van der Waals surface area contributed by atoms with Gasteiger partial charge in [0.05, 0.1) is 6.10 Å². The molecule has 5 atom stereocenters. The van der Waals surface area contributed by atoms with E-state index in [4.69, 9.17) is 9.47 Å². The summed E-state index contributed by atoms with van der Waals surface area (Å²) in [6.07, 6.45) is 16.6. The van der Waals surface area contributed by atoms with Gasteiger partial charge in [-0.25, -0.2) is 0 Å². The summed E-state index contributed by atoms with van der Waals surface area (Å²) < 4.78 is 12.5. The molecule has 0 aromatic rings. The fraction of sp³-hybridized carbons (Fsp3) is 0.696. The summed E-state index contributed by atoms with van der Waals surface area (Å²) in [4.78, 5) is 12.0. The number of carbonyl (C=O) groups excluding carboxylic acids is 1. The monoisotopic (exact) mass is 354 g/mol. The van der Waals surface area contributed by atoms with Gasteiger partial charge >= 0.3 is 0 Å². The van der Waals surface area contributed by atoms with Gasteiger partial charge in [-0.05, 0) is 79.1 Å². The molecule has 3 nitrogen and oxygen atoms in total. The lowest BCUT2D eigenvalue weighted by atomic mass is 9.60. The van der Waals surface area contributed by atoms with Crippen LogP contribution in [0.4, 0.5) is 0 Å². The van der Waals surface area contributed by atoms with Crippen molar-refractivity contribution in [1.29, 1.82) is 0 Å². The normalized spacial score (nSPS) is 42.2. The summed E-state index contributed by atoms with van der Waals surface area (Å²) in [5, 5.41) is 0. The van der Waals surface area contributed by atoms with Crippen molar-refractivity contribution in [2.24, 2.45) is 17.3 Å². The maximum Gasteiger partial charge on any atom is 0.157 e. The van der Waals surface area contributed by atoms with Crippen LogP contribution in [-0.2, 0) is 14.3 Å². The van der Waals surface area contributed by atoms with Gasteiger partial charge in [-0.2, -0.15) is 0 Å². The summed E-state index contributed by atoms with van der Waals surface area (Å²) in [5.74, 6) is 1.42. The van der Waals surface area contributed by atoms with Crippen LogP contribution in [0.15, 0.2) is 34.9 Å². The third-order valence-electron chi connectivity index (χ3n) is 7.49. The third-order valence-corrected chi connectivity index (χ3v) is 7.49. The Kier molecular flexibility index (Phi) is 4.21. The molecular formula is C23H30O3. The molecule has 0 radical (unpaired) electrons. The lowest BCUT2D eigenvalue weighted by Gasteiger charge is -2.48. The van der Waals surface area contributed by atoms with Gasteiger partial charge in [-0.15, -0.1) is 0 Å². The zero-order chi connectivity index (χ0) is 17.7. The molecule has 1 aliphatic heterocycles. The molecule has 140 valence electrons. The smallest absolute Gasteiger partial charge is 0.157 e. The fourth-order valence-electron chi connectivity index (χ4n) is 6.15. The highest BCUT2D eigenvalue weighted by atomic mass is 16.7. The number of rotatable bonds is 2. The predicted octanol–water partition coefficient (Wildman–Crippen LogP) is 4.88. The highest BCUT2D eigenvalue weighted by Crippen LogP contribution is 2.57. The molecule has 0 aromatic heterocycles. The Hall–Kier alpha value is -1.19. The number of hydrogen-bond donors (Lipinski definition) is 0. The average Bonchev–Trinajstić information content (AvgIpc) is 3.04. The first-order chi connectivity index (χ1) is 12.6. The molecule has 4 aliphatic carbocycles. The molecule has 1 saturated heterocycles. The van der Waals surface area contributed by atoms with Crippen LogP contribution in [0, 0.1) is 17.3 Å². The van der Waals surface area contributed by atoms with Gasteiger partial charge in [0.2, 0.25) is 0 Å². The lowest BCUT2D eigenvalue weighted by Crippen LogP contribution is -2.44. The number of allylic oxidation sites excluding steroid dienone is 4. The van der Waals surface area contributed by atoms with Gasteiger partial charge < -0.3 is 9.47 Å². The zero-order valence-corrected chi connectivity index (χ0v) is 15.8. The fourth-order valence-corrected chi connectivity index (χ4v) is 6.15. The summed E-state index contributed by atoms with van der Waals surface area (Å²) >= 11 is 0. The van der Waals surface area contributed by atoms with Crippen molar-refractivity contribution in [2.75, 3.05) is 6.61 Å². The van der Waals surface area contributed by atoms with Crippen LogP contribution < -0.4 is 0 Å². The van der Waals surface area contributed by atoms with E-state index in [-0.39, 0.29) is 18.2 Å². The van der Waals surface area contributed by atoms with Crippen molar-refractivity contribution in [2.45, 2.75) is 77.1 Å². The number of ketones is 1. The third kappa shape index (κ3) is 2.75. The SMILES string of the molecule is C[C@]12C=CC3=C4CCC(=O)C=C4C[C@H](OC4CCCCO4)[C@H]3[C@@H]1CCC2. The molecule has 0 spiro atoms. The van der Waals surface area contributed by atoms with Crippen LogP contribution >= 0.6 is 0 Å². The van der Waals surface area contributed by atoms with Gasteiger partial charge in [-0.3, -0.25) is 4.79 Å². The van der Waals surface area contributed by atoms with Crippen LogP contribution in [0.3, 0.4) is 0 Å². The van der Waals surface area contributed by atoms with E-state index in [0.717, 1.165) is 32.3 Å². The zero-order valence-electron chi connectivity index (χ0n) is 15.8. The average molecular weight is 354 g/mol. The van der Waals surface area contributed by atoms with Crippen molar-refractivity contribution in [1.82, 2.24) is 0 Å². The molecule has 0 bridgehead atoms. The Morgan fingerprint density at radius 1 is 1.19 bits per heavy atom. The van der Waals surface area contributed by atoms with Crippen LogP contribution in [0.2, 0.25) is 0 Å². The minimum Gasteiger partial charge on any atom is -0.353 e. The van der Waals surface area contributed by atoms with Crippen molar-refractivity contribution in [3.63, 3.8) is 0 Å². The van der Waals surface area contributed by atoms with E-state index in [0.29, 0.717) is 23.7 Å². The molecule has 0 N–H and O–H groups in total. The van der Waals surface area contributed by atoms with Gasteiger partial charge in [0, 0.05) is 18.9 Å². The Balaban J connectivity index is 1.53. The van der Waals surface area contributed by atoms with E-state index in [1.807, 2.05) is 6.08 Å². The van der Waals surface area contributed by atoms with Crippen LogP contribution in [0.1, 0.15) is 64.7 Å². The second-order valence-electron chi connectivity index (χ2n) is 9.11. The van der Waals surface area contributed by atoms with Crippen molar-refractivity contribution < 1.29 is 14.3 Å². The summed E-state index contributed by atoms with van der Waals surface area (Å²) in [5.41, 5.74) is 4.47. The number of ether oxygens (including phenoxy) is 2. The van der Waals surface area contributed by atoms with Gasteiger partial charge in [0.25, 0.3) is 0 Å². The maximum atomic E-state index is 12.0. The molecular weight excluding hydrogens is 324 g/mol. The van der Waals surface area contributed by atoms with Crippen molar-refractivity contribution in [3.05, 3.63) is 34.9 Å². The van der Waals surface area contributed by atoms with Crippen molar-refractivity contribution in [3.8, 4) is 0 Å². The molecule has 1 saturated carbocycles. The van der Waals surface area contributed by atoms with E-state index < -0.39 is 0 Å². The van der Waals surface area contributed by atoms with E-state index in [1.165, 1.54) is 42.4 Å². The first-order valence-corrected chi connectivity index (χ1v) is 10.6. The molecule has 3 heteroatoms. The van der Waals surface area contributed by atoms with Gasteiger partial charge in [0.1, 0.15) is 0 Å². The molecule has 5 aliphatic rings. The topological polar surface area (TPSA) is 35.5 Å². The van der Waals surface area contributed by atoms with Crippen LogP contribution in [0.5, 0.6) is 0 Å². The highest BCUT2D eigenvalue weighted by molar-refractivity contribution is 5.93. The molecule has 5 rings (SSSR count). The molecule has 0 aromatic carbocycles. The Labute approximate surface area is 156 Å². The second-order valence-corrected chi connectivity index (χ2v) is 9.11. The lowest BCUT2D eigenvalue weighted by molar-refractivity contribution is -0.201. The molecule has 2 fully saturated rings. The van der Waals surface area contributed by atoms with Gasteiger partial charge in [0.15, 0.2) is 12.1 Å². The minimum atomic E-state index is -0.0602. The number of fused-ring (bicyclic) bond motifs is 4. The Morgan fingerprint density at radius 2 is 2.12 bits per heavy atom. The Bertz CT molecular complexity index is 694. The standard InChI is InChI=1S/C23H30O3/c1-23-10-4-5-19(23)22-18(9-11-23)17-8-7-16(24)13-15(17)14-20(22)26-21-6-2-3-12-25-21/h9,11,13,19-22H,2-8,10,12,14H2,1H3/t19-,20-,21?,22+,23-/m0/s1. The van der Waals surface area contributed by atoms with E-state index in [2.05, 4.69) is 19.1 Å². The van der Waals surface area contributed by atoms with E-state index in [1.54, 1.807) is 0 Å². The molecule has 1 unspecified atom stereocenters. The minimum absolute atomic E-state index is 0.0602. The quantitative estimate of drug-likeness (QED) is 0.709. The molecule has 1 heterocycles. The summed E-state index contributed by atoms with van der Waals surface area (Å²) in [6, 6.07) is 0. The predicted molar refractivity (Wildman–Crippen MR) is 101 cm³/mol. The second kappa shape index (κ2) is 6.45. The number of hydrogen-bond acceptors (Lipinski definition) is 3. The highest BCUT2D eigenvalue weighted by Gasteiger charge is 2.50. The molecule has 26 heavy (non-hydrogen) atoms. The maximum absolute atomic E-state index is 12.0. The number of carbonyl (C=O) groups is 1. The Morgan fingerprint density at radius 3 is 2.96 bits per heavy atom. The van der Waals surface area contributed by atoms with Crippen LogP contribution in [-0.4, -0.2) is 24.8 Å². The van der Waals surface area contributed by atoms with E-state index >= 15 is 0 Å². The van der Waals surface area contributed by atoms with E-state index in [9.17, 15) is 4.79 Å². The van der Waals surface area contributed by atoms with Crippen LogP contribution in [0.25, 0.3) is 0 Å². The summed E-state index contributed by atoms with van der Waals surface area (Å²) in [7, 11) is 0. The molecule has 0 amide bonds. The van der Waals surface area contributed by atoms with Crippen molar-refractivity contribution >= 4 is 5.78 Å².